The number of amides is 2. The summed E-state index contributed by atoms with van der Waals surface area (Å²) in [5.74, 6) is -0.0600. The average molecular weight is 283 g/mol. The third-order valence-electron chi connectivity index (χ3n) is 4.34. The van der Waals surface area contributed by atoms with Crippen LogP contribution < -0.4 is 5.73 Å². The second-order valence-electron chi connectivity index (χ2n) is 5.87. The summed E-state index contributed by atoms with van der Waals surface area (Å²) in [5.41, 5.74) is 5.16. The Balaban J connectivity index is 2.06. The molecule has 6 heteroatoms. The van der Waals surface area contributed by atoms with Crippen molar-refractivity contribution >= 4 is 11.8 Å². The van der Waals surface area contributed by atoms with Crippen molar-refractivity contribution in [3.8, 4) is 0 Å². The van der Waals surface area contributed by atoms with Crippen LogP contribution in [0, 0.1) is 0 Å². The maximum atomic E-state index is 12.6. The highest BCUT2D eigenvalue weighted by Crippen LogP contribution is 2.23. The number of nitrogens with two attached hydrogens (primary N) is 1. The molecule has 2 unspecified atom stereocenters. The summed E-state index contributed by atoms with van der Waals surface area (Å²) in [5, 5.41) is 0. The molecule has 114 valence electrons. The largest absolute Gasteiger partial charge is 0.378 e. The van der Waals surface area contributed by atoms with Gasteiger partial charge in [0.05, 0.1) is 18.8 Å². The van der Waals surface area contributed by atoms with E-state index in [-0.39, 0.29) is 17.9 Å². The lowest BCUT2D eigenvalue weighted by molar-refractivity contribution is -0.148. The maximum Gasteiger partial charge on any atom is 0.245 e. The standard InChI is InChI=1S/C14H25N3O3/c1-3-14(2,15)13(19)17-6-4-5-11(17)12(18)16-7-9-20-10-8-16/h11H,3-10,15H2,1-2H3. The van der Waals surface area contributed by atoms with E-state index in [4.69, 9.17) is 10.5 Å². The molecule has 2 amide bonds. The SMILES string of the molecule is CCC(C)(N)C(=O)N1CCCC1C(=O)N1CCOCC1. The minimum Gasteiger partial charge on any atom is -0.378 e. The number of nitrogens with zero attached hydrogens (tertiary/aromatic N) is 2. The van der Waals surface area contributed by atoms with Crippen molar-refractivity contribution in [3.05, 3.63) is 0 Å². The lowest BCUT2D eigenvalue weighted by Gasteiger charge is -2.35. The van der Waals surface area contributed by atoms with Crippen LogP contribution in [0.15, 0.2) is 0 Å². The molecule has 0 aliphatic carbocycles. The van der Waals surface area contributed by atoms with Crippen LogP contribution in [0.3, 0.4) is 0 Å². The monoisotopic (exact) mass is 283 g/mol. The Bertz CT molecular complexity index is 378. The molecule has 0 spiro atoms. The normalized spacial score (nSPS) is 26.4. The van der Waals surface area contributed by atoms with Crippen molar-refractivity contribution in [1.29, 1.82) is 0 Å². The molecule has 0 bridgehead atoms. The molecule has 2 aliphatic heterocycles. The van der Waals surface area contributed by atoms with Crippen molar-refractivity contribution in [2.24, 2.45) is 5.73 Å². The maximum absolute atomic E-state index is 12.6. The first kappa shape index (κ1) is 15.3. The van der Waals surface area contributed by atoms with E-state index in [2.05, 4.69) is 0 Å². The molecule has 0 saturated carbocycles. The number of carbonyl (C=O) groups excluding carboxylic acids is 2. The minimum absolute atomic E-state index is 0.0473. The van der Waals surface area contributed by atoms with Gasteiger partial charge in [-0.3, -0.25) is 9.59 Å². The highest BCUT2D eigenvalue weighted by molar-refractivity contribution is 5.92. The molecule has 2 atom stereocenters. The van der Waals surface area contributed by atoms with E-state index in [1.165, 1.54) is 0 Å². The van der Waals surface area contributed by atoms with E-state index >= 15 is 0 Å². The van der Waals surface area contributed by atoms with E-state index < -0.39 is 5.54 Å². The highest BCUT2D eigenvalue weighted by Gasteiger charge is 2.41. The number of hydrogen-bond acceptors (Lipinski definition) is 4. The van der Waals surface area contributed by atoms with Gasteiger partial charge in [-0.15, -0.1) is 0 Å². The Labute approximate surface area is 120 Å². The Morgan fingerprint density at radius 1 is 1.30 bits per heavy atom. The van der Waals surface area contributed by atoms with Crippen molar-refractivity contribution < 1.29 is 14.3 Å². The summed E-state index contributed by atoms with van der Waals surface area (Å²) >= 11 is 0. The van der Waals surface area contributed by atoms with Gasteiger partial charge in [-0.1, -0.05) is 6.92 Å². The summed E-state index contributed by atoms with van der Waals surface area (Å²) in [6, 6.07) is -0.338. The van der Waals surface area contributed by atoms with E-state index in [9.17, 15) is 9.59 Å². The number of likely N-dealkylation sites (tertiary alicyclic amines) is 1. The van der Waals surface area contributed by atoms with E-state index in [0.717, 1.165) is 12.8 Å². The third-order valence-corrected chi connectivity index (χ3v) is 4.34. The molecule has 2 aliphatic rings. The van der Waals surface area contributed by atoms with Gasteiger partial charge in [0, 0.05) is 19.6 Å². The third kappa shape index (κ3) is 2.96. The smallest absolute Gasteiger partial charge is 0.245 e. The molecule has 2 rings (SSSR count). The summed E-state index contributed by atoms with van der Waals surface area (Å²) in [4.78, 5) is 28.6. The Hall–Kier alpha value is -1.14. The Morgan fingerprint density at radius 2 is 1.95 bits per heavy atom. The van der Waals surface area contributed by atoms with Crippen LogP contribution in [0.1, 0.15) is 33.1 Å². The lowest BCUT2D eigenvalue weighted by Crippen LogP contribution is -2.58. The first-order chi connectivity index (χ1) is 9.47. The number of carbonyl (C=O) groups is 2. The predicted octanol–water partition coefficient (Wildman–Crippen LogP) is -0.0364. The summed E-state index contributed by atoms with van der Waals surface area (Å²) in [6.45, 7) is 6.66. The van der Waals surface area contributed by atoms with Crippen LogP contribution in [0.25, 0.3) is 0 Å². The van der Waals surface area contributed by atoms with Crippen LogP contribution in [0.2, 0.25) is 0 Å². The van der Waals surface area contributed by atoms with Gasteiger partial charge in [-0.05, 0) is 26.2 Å². The van der Waals surface area contributed by atoms with Crippen molar-refractivity contribution in [1.82, 2.24) is 9.80 Å². The predicted molar refractivity (Wildman–Crippen MR) is 75.0 cm³/mol. The first-order valence-electron chi connectivity index (χ1n) is 7.44. The van der Waals surface area contributed by atoms with Crippen LogP contribution in [-0.2, 0) is 14.3 Å². The van der Waals surface area contributed by atoms with Gasteiger partial charge < -0.3 is 20.3 Å². The molecular weight excluding hydrogens is 258 g/mol. The summed E-state index contributed by atoms with van der Waals surface area (Å²) in [6.07, 6.45) is 2.18. The van der Waals surface area contributed by atoms with E-state index in [1.54, 1.807) is 16.7 Å². The molecule has 2 fully saturated rings. The van der Waals surface area contributed by atoms with Crippen LogP contribution in [0.4, 0.5) is 0 Å². The Morgan fingerprint density at radius 3 is 2.55 bits per heavy atom. The van der Waals surface area contributed by atoms with E-state index in [1.807, 2.05) is 6.92 Å². The zero-order valence-electron chi connectivity index (χ0n) is 12.4. The second kappa shape index (κ2) is 6.10. The number of hydrogen-bond donors (Lipinski definition) is 1. The van der Waals surface area contributed by atoms with E-state index in [0.29, 0.717) is 39.3 Å². The Kier molecular flexibility index (Phi) is 4.65. The minimum atomic E-state index is -0.881. The zero-order chi connectivity index (χ0) is 14.8. The second-order valence-corrected chi connectivity index (χ2v) is 5.87. The topological polar surface area (TPSA) is 75.9 Å². The summed E-state index contributed by atoms with van der Waals surface area (Å²) < 4.78 is 5.26. The van der Waals surface area contributed by atoms with Gasteiger partial charge in [0.2, 0.25) is 11.8 Å². The lowest BCUT2D eigenvalue weighted by atomic mass is 9.98. The van der Waals surface area contributed by atoms with Gasteiger partial charge in [0.1, 0.15) is 6.04 Å². The van der Waals surface area contributed by atoms with Crippen LogP contribution in [-0.4, -0.2) is 66.0 Å². The van der Waals surface area contributed by atoms with Crippen LogP contribution >= 0.6 is 0 Å². The molecule has 0 aromatic carbocycles. The number of rotatable bonds is 3. The molecule has 0 aromatic rings. The van der Waals surface area contributed by atoms with Gasteiger partial charge in [0.15, 0.2) is 0 Å². The van der Waals surface area contributed by atoms with Crippen molar-refractivity contribution in [3.63, 3.8) is 0 Å². The fourth-order valence-corrected chi connectivity index (χ4v) is 2.74. The van der Waals surface area contributed by atoms with Gasteiger partial charge in [-0.2, -0.15) is 0 Å². The molecular formula is C14H25N3O3. The molecule has 2 saturated heterocycles. The molecule has 2 heterocycles. The molecule has 0 aromatic heterocycles. The molecule has 2 N–H and O–H groups in total. The number of ether oxygens (including phenoxy) is 1. The molecule has 0 radical (unpaired) electrons. The zero-order valence-corrected chi connectivity index (χ0v) is 12.4. The van der Waals surface area contributed by atoms with Crippen molar-refractivity contribution in [2.45, 2.75) is 44.7 Å². The van der Waals surface area contributed by atoms with Gasteiger partial charge in [-0.25, -0.2) is 0 Å². The molecule has 6 nitrogen and oxygen atoms in total. The fourth-order valence-electron chi connectivity index (χ4n) is 2.74. The first-order valence-corrected chi connectivity index (χ1v) is 7.44. The number of morpholine rings is 1. The van der Waals surface area contributed by atoms with Gasteiger partial charge in [0.25, 0.3) is 0 Å². The quantitative estimate of drug-likeness (QED) is 0.789. The summed E-state index contributed by atoms with van der Waals surface area (Å²) in [7, 11) is 0. The average Bonchev–Trinajstić information content (AvgIpc) is 2.95. The van der Waals surface area contributed by atoms with Gasteiger partial charge >= 0.3 is 0 Å². The molecule has 20 heavy (non-hydrogen) atoms. The fraction of sp³-hybridized carbons (Fsp3) is 0.857. The van der Waals surface area contributed by atoms with Crippen LogP contribution in [0.5, 0.6) is 0 Å². The highest BCUT2D eigenvalue weighted by atomic mass is 16.5. The van der Waals surface area contributed by atoms with Crippen molar-refractivity contribution in [2.75, 3.05) is 32.8 Å².